The average Bonchev–Trinajstić information content (AvgIpc) is 1.17. The summed E-state index contributed by atoms with van der Waals surface area (Å²) in [6, 6.07) is -4.81. The number of thioether (sulfide) groups is 4. The Balaban J connectivity index is 0. The van der Waals surface area contributed by atoms with Crippen LogP contribution in [-0.4, -0.2) is 246 Å². The fraction of sp³-hybridized carbons (Fsp3) is 0.549. The summed E-state index contributed by atoms with van der Waals surface area (Å²) in [7, 11) is 0. The average molecular weight is 1530 g/mol. The van der Waals surface area contributed by atoms with Crippen LogP contribution in [0.5, 0.6) is 5.75 Å². The van der Waals surface area contributed by atoms with Gasteiger partial charge in [-0.05, 0) is 54.1 Å². The van der Waals surface area contributed by atoms with Crippen molar-refractivity contribution in [2.45, 2.75) is 75.4 Å². The molecule has 13 amide bonds. The number of carbonyl (C=O) groups is 14. The molecule has 0 spiro atoms. The van der Waals surface area contributed by atoms with Gasteiger partial charge in [-0.25, -0.2) is 0 Å². The molecule has 95 heavy (non-hydrogen) atoms. The molecule has 2 rings (SSSR count). The number of aliphatic imine (C=N–C) groups is 3. The van der Waals surface area contributed by atoms with Gasteiger partial charge in [-0.15, -0.1) is 41.0 Å². The van der Waals surface area contributed by atoms with Gasteiger partial charge in [0.25, 0.3) is 0 Å². The fourth-order valence-electron chi connectivity index (χ4n) is 6.98. The zero-order chi connectivity index (χ0) is 70.7. The molecule has 0 radical (unpaired) electrons. The summed E-state index contributed by atoms with van der Waals surface area (Å²) < 4.78 is 8.22. The number of amides is 13. The van der Waals surface area contributed by atoms with E-state index < -0.39 is 200 Å². The number of carboxylic acids is 1. The number of hydrogen-bond acceptors (Lipinski definition) is 29. The van der Waals surface area contributed by atoms with Crippen molar-refractivity contribution in [2.24, 2.45) is 26.4 Å². The number of nitrogens with one attached hydrogen (secondary N) is 12. The van der Waals surface area contributed by atoms with E-state index in [9.17, 15) is 92.7 Å². The Morgan fingerprint density at radius 3 is 1.88 bits per heavy atom. The van der Waals surface area contributed by atoms with Crippen LogP contribution in [0.1, 0.15) is 33.7 Å². The number of nitrogens with two attached hydrogens (primary N) is 2. The number of phenols is 1. The number of benzene rings is 1. The summed E-state index contributed by atoms with van der Waals surface area (Å²) in [6.45, 7) is -2.35. The van der Waals surface area contributed by atoms with Crippen molar-refractivity contribution in [3.63, 3.8) is 0 Å². The number of nitrogens with zero attached hydrogens (tertiary/aromatic N) is 3. The van der Waals surface area contributed by atoms with Crippen LogP contribution in [0, 0.1) is 0 Å². The summed E-state index contributed by atoms with van der Waals surface area (Å²) in [4.78, 5) is 190. The number of aromatic hydroxyl groups is 1. The van der Waals surface area contributed by atoms with E-state index in [1.165, 1.54) is 49.9 Å². The summed E-state index contributed by atoms with van der Waals surface area (Å²) in [5.74, 6) is -18.1. The van der Waals surface area contributed by atoms with Crippen molar-refractivity contribution in [2.75, 3.05) is 97.8 Å². The van der Waals surface area contributed by atoms with E-state index in [2.05, 4.69) is 78.8 Å². The predicted octanol–water partition coefficient (Wildman–Crippen LogP) is -15.4. The second-order valence-electron chi connectivity index (χ2n) is 19.2. The molecule has 1 aliphatic rings. The third-order valence-corrected chi connectivity index (χ3v) is 15.9. The van der Waals surface area contributed by atoms with E-state index in [1.54, 1.807) is 0 Å². The van der Waals surface area contributed by atoms with Gasteiger partial charge in [0, 0.05) is 55.7 Å². The van der Waals surface area contributed by atoms with Crippen LogP contribution in [0.3, 0.4) is 0 Å². The Kier molecular flexibility index (Phi) is 46.9. The van der Waals surface area contributed by atoms with Gasteiger partial charge in [0.05, 0.1) is 62.8 Å². The number of rotatable bonds is 35. The monoisotopic (exact) mass is 1520 g/mol. The maximum atomic E-state index is 13.8. The maximum absolute atomic E-state index is 13.8. The Labute approximate surface area is 600 Å². The van der Waals surface area contributed by atoms with Gasteiger partial charge in [0.1, 0.15) is 42.0 Å². The molecule has 1 saturated heterocycles. The Bertz CT molecular complexity index is 2890. The quantitative estimate of drug-likeness (QED) is 0.00749. The first-order valence-electron chi connectivity index (χ1n) is 27.6. The topological polar surface area (TPSA) is 602 Å². The van der Waals surface area contributed by atoms with E-state index in [-0.39, 0.29) is 77.9 Å². The summed E-state index contributed by atoms with van der Waals surface area (Å²) >= 11 is 9.49. The first-order chi connectivity index (χ1) is 44.6. The minimum absolute atomic E-state index is 0. The summed E-state index contributed by atoms with van der Waals surface area (Å²) in [5, 5.41) is 87.2. The minimum atomic E-state index is -1.92. The van der Waals surface area contributed by atoms with Crippen molar-refractivity contribution < 1.29 is 146 Å². The number of carbonyl (C=O) groups excluding carboxylic acids is 14. The second kappa shape index (κ2) is 50.5. The number of phenolic OH excluding ortho intramolecular Hbond substituents is 1. The van der Waals surface area contributed by atoms with Gasteiger partial charge in [-0.3, -0.25) is 77.3 Å². The van der Waals surface area contributed by atoms with Gasteiger partial charge in [0.2, 0.25) is 76.8 Å². The molecule has 1 aliphatic heterocycles. The van der Waals surface area contributed by atoms with Crippen molar-refractivity contribution in [1.29, 1.82) is 0 Å². The number of hydrogen-bond donors (Lipinski definition) is 15. The molecule has 520 valence electrons. The van der Waals surface area contributed by atoms with Gasteiger partial charge in [-0.2, -0.15) is 11.8 Å². The standard InChI is InChI=1S/C51H77N17O19S5.Na.O.Tc/c1-26(69)60-24-91-21-33(46(82)56-12-37(72)54-14-39(74)64-32(18-88)45(53)81)66-42(77)17-58-47(83)34(22-92-25-61-27(2)70)65-40(75)15-55-38(73)13-57-49(85)36-20-90-23-43(78)63-30(10-28-4-6-29(71)7-5-28)50(86)67-35(19-89-9-3-8-52)48(84)59-16-41(76)62-31(11-44(79)80)51(87)68-36;;;/h4-7,30-36,71,88H,3,8-25,52H2,1-2H3,(H2,53,81)(H,54,72)(H,55,73)(H,56,82)(H,57,85)(H,58,83)(H,59,84)(H,60,69)(H,61,70)(H,62,76)(H,63,78)(H,64,74)(H,65,75)(H,66,77)(H,67,86)(H,68,87)(H,79,80);;;/q;+1;;+3/p-4. The molecule has 1 fully saturated rings. The molecule has 7 unspecified atom stereocenters. The second-order valence-corrected chi connectivity index (χ2v) is 23.8. The summed E-state index contributed by atoms with van der Waals surface area (Å²) in [6.07, 6.45) is -0.722. The van der Waals surface area contributed by atoms with Crippen molar-refractivity contribution >= 4 is 160 Å². The zero-order valence-electron chi connectivity index (χ0n) is 52.4. The molecular weight excluding hydrogens is 1450 g/mol. The first-order valence-corrected chi connectivity index (χ1v) is 33.6. The molecular formula is C51H73N17NaO20S5Tc. The van der Waals surface area contributed by atoms with Crippen molar-refractivity contribution in [3.05, 3.63) is 29.8 Å². The molecule has 1 aromatic carbocycles. The SMILES string of the molecule is CC(=O)NCSCC(NC(=O)CNC(=O)CNC(=O)C1CSCC(=O)NC(Cc2ccc(O)cc2)C(=O)NC(CSCCCN)C(=O)NCC(=O)NC(CC(=O)[O-])C(=O)N1)C(=O)NCC(=O)NC(CSCNC(C)=O)C([O-])=NCC([O-])=NCC([O-])=NC(C[S-])C(N)=O.[H+].[Na+].[O]=[Tc+3]. The third kappa shape index (κ3) is 40.4. The zero-order valence-corrected chi connectivity index (χ0v) is 59.3. The van der Waals surface area contributed by atoms with Crippen LogP contribution in [0.4, 0.5) is 0 Å². The molecule has 7 atom stereocenters. The van der Waals surface area contributed by atoms with E-state index in [0.717, 1.165) is 54.1 Å². The van der Waals surface area contributed by atoms with Crippen LogP contribution >= 0.6 is 47.0 Å². The van der Waals surface area contributed by atoms with Crippen LogP contribution in [-0.2, 0) is 109 Å². The van der Waals surface area contributed by atoms with Crippen molar-refractivity contribution in [3.8, 4) is 5.75 Å². The number of primary amides is 1. The molecule has 44 heteroatoms. The third-order valence-electron chi connectivity index (χ3n) is 11.6. The van der Waals surface area contributed by atoms with Crippen LogP contribution in [0.15, 0.2) is 39.2 Å². The molecule has 0 bridgehead atoms. The van der Waals surface area contributed by atoms with E-state index >= 15 is 0 Å². The predicted molar refractivity (Wildman–Crippen MR) is 335 cm³/mol. The first kappa shape index (κ1) is 88.2. The fourth-order valence-corrected chi connectivity index (χ4v) is 10.9. The van der Waals surface area contributed by atoms with E-state index in [1.807, 2.05) is 0 Å². The number of aliphatic carboxylic acids is 1. The molecule has 17 N–H and O–H groups in total. The van der Waals surface area contributed by atoms with Crippen molar-refractivity contribution in [1.82, 2.24) is 63.8 Å². The molecule has 1 aromatic rings. The molecule has 0 aromatic heterocycles. The Hall–Kier alpha value is -6.83. The normalized spacial score (nSPS) is 17.6. The Morgan fingerprint density at radius 2 is 1.29 bits per heavy atom. The summed E-state index contributed by atoms with van der Waals surface area (Å²) in [5.41, 5.74) is 11.2. The van der Waals surface area contributed by atoms with E-state index in [4.69, 9.17) is 27.6 Å². The molecule has 0 aliphatic carbocycles. The van der Waals surface area contributed by atoms with Gasteiger partial charge < -0.3 is 118 Å². The van der Waals surface area contributed by atoms with Crippen LogP contribution in [0.2, 0.25) is 0 Å². The Morgan fingerprint density at radius 1 is 0.726 bits per heavy atom. The van der Waals surface area contributed by atoms with E-state index in [0.29, 0.717) is 24.3 Å². The number of carboxylic acid groups (broad SMARTS) is 1. The van der Waals surface area contributed by atoms with Gasteiger partial charge in [-0.1, -0.05) is 12.1 Å². The van der Waals surface area contributed by atoms with Crippen LogP contribution in [0.25, 0.3) is 0 Å². The van der Waals surface area contributed by atoms with Gasteiger partial charge in [0.15, 0.2) is 0 Å². The van der Waals surface area contributed by atoms with Crippen LogP contribution < -0.4 is 125 Å². The molecule has 1 heterocycles. The molecule has 37 nitrogen and oxygen atoms in total. The van der Waals surface area contributed by atoms with Gasteiger partial charge >= 0.3 is 53.3 Å². The molecule has 0 saturated carbocycles.